The van der Waals surface area contributed by atoms with Gasteiger partial charge in [-0.15, -0.1) is 0 Å². The molecule has 2 heteroatoms. The topological polar surface area (TPSA) is 24.7 Å². The lowest BCUT2D eigenvalue weighted by Gasteiger charge is -2.26. The summed E-state index contributed by atoms with van der Waals surface area (Å²) >= 11 is 0. The molecule has 0 radical (unpaired) electrons. The zero-order valence-electron chi connectivity index (χ0n) is 12.7. The van der Waals surface area contributed by atoms with E-state index in [1.54, 1.807) is 0 Å². The highest BCUT2D eigenvalue weighted by Crippen LogP contribution is 2.29. The summed E-state index contributed by atoms with van der Waals surface area (Å²) in [6, 6.07) is 0. The third kappa shape index (κ3) is 5.79. The molecule has 0 spiro atoms. The molecular formula is C16H30N2. The third-order valence-electron chi connectivity index (χ3n) is 4.23. The third-order valence-corrected chi connectivity index (χ3v) is 4.23. The second-order valence-corrected chi connectivity index (χ2v) is 5.75. The fourth-order valence-corrected chi connectivity index (χ4v) is 2.39. The second kappa shape index (κ2) is 8.44. The Morgan fingerprint density at radius 1 is 0.778 bits per heavy atom. The van der Waals surface area contributed by atoms with E-state index < -0.39 is 0 Å². The minimum absolute atomic E-state index is 0.832. The van der Waals surface area contributed by atoms with Crippen molar-refractivity contribution in [1.82, 2.24) is 0 Å². The van der Waals surface area contributed by atoms with Crippen LogP contribution in [0.25, 0.3) is 0 Å². The van der Waals surface area contributed by atoms with E-state index in [0.29, 0.717) is 0 Å². The van der Waals surface area contributed by atoms with Gasteiger partial charge >= 0.3 is 0 Å². The molecule has 18 heavy (non-hydrogen) atoms. The van der Waals surface area contributed by atoms with Crippen LogP contribution in [0, 0.1) is 11.8 Å². The van der Waals surface area contributed by atoms with E-state index in [0.717, 1.165) is 37.8 Å². The van der Waals surface area contributed by atoms with E-state index in [4.69, 9.17) is 0 Å². The molecule has 1 rings (SSSR count). The molecule has 1 fully saturated rings. The van der Waals surface area contributed by atoms with Crippen LogP contribution in [-0.4, -0.2) is 24.5 Å². The van der Waals surface area contributed by atoms with Crippen LogP contribution >= 0.6 is 0 Å². The molecule has 104 valence electrons. The maximum absolute atomic E-state index is 4.67. The Hall–Kier alpha value is -0.660. The first kappa shape index (κ1) is 15.4. The molecular weight excluding hydrogens is 220 g/mol. The van der Waals surface area contributed by atoms with Gasteiger partial charge in [-0.3, -0.25) is 9.98 Å². The Bertz CT molecular complexity index is 253. The average molecular weight is 250 g/mol. The van der Waals surface area contributed by atoms with Crippen LogP contribution in [0.15, 0.2) is 9.98 Å². The van der Waals surface area contributed by atoms with Crippen molar-refractivity contribution in [2.24, 2.45) is 21.8 Å². The molecule has 0 unspecified atom stereocenters. The van der Waals surface area contributed by atoms with Crippen molar-refractivity contribution in [3.05, 3.63) is 0 Å². The fourth-order valence-electron chi connectivity index (χ4n) is 2.39. The van der Waals surface area contributed by atoms with Gasteiger partial charge in [0.05, 0.1) is 0 Å². The largest absolute Gasteiger partial charge is 0.294 e. The Morgan fingerprint density at radius 2 is 1.11 bits per heavy atom. The molecule has 0 atom stereocenters. The van der Waals surface area contributed by atoms with Crippen LogP contribution in [0.2, 0.25) is 0 Å². The van der Waals surface area contributed by atoms with Crippen LogP contribution in [0.5, 0.6) is 0 Å². The highest BCUT2D eigenvalue weighted by atomic mass is 14.7. The van der Waals surface area contributed by atoms with Gasteiger partial charge in [-0.1, -0.05) is 13.8 Å². The summed E-state index contributed by atoms with van der Waals surface area (Å²) in [7, 11) is 0. The molecule has 2 nitrogen and oxygen atoms in total. The van der Waals surface area contributed by atoms with Crippen molar-refractivity contribution in [1.29, 1.82) is 0 Å². The van der Waals surface area contributed by atoms with Gasteiger partial charge < -0.3 is 0 Å². The average Bonchev–Trinajstić information content (AvgIpc) is 2.43. The number of nitrogens with zero attached hydrogens (tertiary/aromatic N) is 2. The molecule has 0 aromatic heterocycles. The lowest BCUT2D eigenvalue weighted by molar-refractivity contribution is 0.286. The summed E-state index contributed by atoms with van der Waals surface area (Å²) < 4.78 is 0. The van der Waals surface area contributed by atoms with E-state index in [-0.39, 0.29) is 0 Å². The van der Waals surface area contributed by atoms with Crippen LogP contribution in [0.4, 0.5) is 0 Å². The molecule has 1 aliphatic carbocycles. The van der Waals surface area contributed by atoms with Gasteiger partial charge in [-0.25, -0.2) is 0 Å². The van der Waals surface area contributed by atoms with Crippen molar-refractivity contribution in [3.8, 4) is 0 Å². The smallest absolute Gasteiger partial charge is 0.0416 e. The number of hydrogen-bond donors (Lipinski definition) is 0. The monoisotopic (exact) mass is 250 g/mol. The molecule has 0 aliphatic heterocycles. The van der Waals surface area contributed by atoms with Crippen molar-refractivity contribution in [3.63, 3.8) is 0 Å². The Labute approximate surface area is 113 Å². The van der Waals surface area contributed by atoms with E-state index in [2.05, 4.69) is 37.7 Å². The SMILES string of the molecule is CC/C(C)=N/CC1CCC(C/N=C(\C)CC)CC1. The first-order valence-electron chi connectivity index (χ1n) is 7.65. The lowest BCUT2D eigenvalue weighted by atomic mass is 9.82. The molecule has 1 aliphatic rings. The van der Waals surface area contributed by atoms with Crippen LogP contribution in [0.3, 0.4) is 0 Å². The summed E-state index contributed by atoms with van der Waals surface area (Å²) in [6.07, 6.45) is 7.61. The minimum atomic E-state index is 0.832. The van der Waals surface area contributed by atoms with E-state index in [1.165, 1.54) is 37.1 Å². The summed E-state index contributed by atoms with van der Waals surface area (Å²) in [5, 5.41) is 0. The van der Waals surface area contributed by atoms with Crippen LogP contribution in [0.1, 0.15) is 66.2 Å². The van der Waals surface area contributed by atoms with Crippen molar-refractivity contribution in [2.75, 3.05) is 13.1 Å². The molecule has 0 heterocycles. The van der Waals surface area contributed by atoms with Gasteiger partial charge in [0, 0.05) is 24.5 Å². The maximum Gasteiger partial charge on any atom is 0.0416 e. The van der Waals surface area contributed by atoms with E-state index in [9.17, 15) is 0 Å². The Balaban J connectivity index is 2.24. The van der Waals surface area contributed by atoms with Gasteiger partial charge in [0.25, 0.3) is 0 Å². The Kier molecular flexibility index (Phi) is 7.22. The highest BCUT2D eigenvalue weighted by molar-refractivity contribution is 5.81. The highest BCUT2D eigenvalue weighted by Gasteiger charge is 2.20. The minimum Gasteiger partial charge on any atom is -0.294 e. The number of hydrogen-bond acceptors (Lipinski definition) is 2. The maximum atomic E-state index is 4.67. The van der Waals surface area contributed by atoms with Crippen molar-refractivity contribution >= 4 is 11.4 Å². The zero-order valence-corrected chi connectivity index (χ0v) is 12.7. The van der Waals surface area contributed by atoms with Gasteiger partial charge in [-0.2, -0.15) is 0 Å². The molecule has 0 saturated heterocycles. The zero-order chi connectivity index (χ0) is 13.4. The second-order valence-electron chi connectivity index (χ2n) is 5.75. The molecule has 0 bridgehead atoms. The fraction of sp³-hybridized carbons (Fsp3) is 0.875. The first-order valence-corrected chi connectivity index (χ1v) is 7.65. The first-order chi connectivity index (χ1) is 8.65. The predicted octanol–water partition coefficient (Wildman–Crippen LogP) is 4.53. The van der Waals surface area contributed by atoms with Gasteiger partial charge in [0.15, 0.2) is 0 Å². The van der Waals surface area contributed by atoms with Crippen molar-refractivity contribution < 1.29 is 0 Å². The molecule has 0 N–H and O–H groups in total. The van der Waals surface area contributed by atoms with Gasteiger partial charge in [0.2, 0.25) is 0 Å². The van der Waals surface area contributed by atoms with Gasteiger partial charge in [-0.05, 0) is 64.2 Å². The van der Waals surface area contributed by atoms with Crippen molar-refractivity contribution in [2.45, 2.75) is 66.2 Å². The Morgan fingerprint density at radius 3 is 1.39 bits per heavy atom. The molecule has 0 aromatic rings. The number of aliphatic imine (C=N–C) groups is 2. The molecule has 0 amide bonds. The number of rotatable bonds is 6. The quantitative estimate of drug-likeness (QED) is 0.619. The van der Waals surface area contributed by atoms with Crippen LogP contribution in [-0.2, 0) is 0 Å². The van der Waals surface area contributed by atoms with E-state index >= 15 is 0 Å². The lowest BCUT2D eigenvalue weighted by Crippen LogP contribution is -2.19. The van der Waals surface area contributed by atoms with Crippen LogP contribution < -0.4 is 0 Å². The van der Waals surface area contributed by atoms with E-state index in [1.807, 2.05) is 0 Å². The predicted molar refractivity (Wildman–Crippen MR) is 82.0 cm³/mol. The summed E-state index contributed by atoms with van der Waals surface area (Å²) in [5.41, 5.74) is 2.61. The summed E-state index contributed by atoms with van der Waals surface area (Å²) in [6.45, 7) is 10.8. The molecule has 1 saturated carbocycles. The standard InChI is InChI=1S/C16H30N2/c1-5-13(3)17-11-15-7-9-16(10-8-15)12-18-14(4)6-2/h15-16H,5-12H2,1-4H3/b17-13+,18-14+. The van der Waals surface area contributed by atoms with Gasteiger partial charge in [0.1, 0.15) is 0 Å². The summed E-state index contributed by atoms with van der Waals surface area (Å²) in [5.74, 6) is 1.66. The summed E-state index contributed by atoms with van der Waals surface area (Å²) in [4.78, 5) is 9.34. The normalized spacial score (nSPS) is 26.4. The molecule has 0 aromatic carbocycles.